The maximum absolute atomic E-state index is 9.43. The topological polar surface area (TPSA) is 94.2 Å². The number of carbonyl (C=O) groups excluding carboxylic acids is 1. The van der Waals surface area contributed by atoms with Crippen LogP contribution in [0.2, 0.25) is 0 Å². The smallest absolute Gasteiger partial charge is 1.00 e. The molecule has 1 amide bonds. The van der Waals surface area contributed by atoms with Gasteiger partial charge in [0.15, 0.2) is 0 Å². The van der Waals surface area contributed by atoms with Crippen LogP contribution >= 0.6 is 18.5 Å². The van der Waals surface area contributed by atoms with Gasteiger partial charge in [-0.3, -0.25) is 4.79 Å². The number of carbonyl (C=O) groups is 1. The zero-order valence-corrected chi connectivity index (χ0v) is 69.8. The van der Waals surface area contributed by atoms with Crippen molar-refractivity contribution >= 4 is 35.5 Å². The minimum atomic E-state index is 0. The van der Waals surface area contributed by atoms with Crippen LogP contribution in [0.4, 0.5) is 0 Å². The molecule has 0 aliphatic heterocycles. The third kappa shape index (κ3) is 27.6. The van der Waals surface area contributed by atoms with Gasteiger partial charge in [0.1, 0.15) is 46.0 Å². The van der Waals surface area contributed by atoms with Crippen LogP contribution < -0.4 is 73.3 Å². The standard InChI is InChI=1S/C16H20O4P2.4C15H24O.C3H7NO.2ClH.Ru/c1-17-9-5-13(20-4)16(15(22)6-9)10-7-14(21)12(19-3)8-11(10)18-2;4*1-14(2,3)11-9-8-10-12(13(11)16-7)15(4,5)6;1-4(2)3-5;;;/h5-8H,21-22H2,1-4H3;4*8-10H,1-7H3;3H,1-2H3;2*1H;/q;;;;;;;;+3/p-2. The number of para-hydroxylation sites is 4. The minimum absolute atomic E-state index is 0. The first kappa shape index (κ1) is 93.4. The molecule has 2 unspecified atom stereocenters. The van der Waals surface area contributed by atoms with E-state index in [0.29, 0.717) is 0 Å². The first-order valence-corrected chi connectivity index (χ1v) is 32.6. The van der Waals surface area contributed by atoms with Crippen LogP contribution in [0.3, 0.4) is 0 Å². The molecule has 6 aromatic carbocycles. The van der Waals surface area contributed by atoms with Gasteiger partial charge in [0.25, 0.3) is 0 Å². The van der Waals surface area contributed by atoms with E-state index in [1.165, 1.54) is 49.4 Å². The predicted molar refractivity (Wildman–Crippen MR) is 398 cm³/mol. The van der Waals surface area contributed by atoms with Crippen LogP contribution in [-0.2, 0) is 67.6 Å². The number of amides is 1. The predicted octanol–water partition coefficient (Wildman–Crippen LogP) is 13.3. The van der Waals surface area contributed by atoms with Crippen molar-refractivity contribution in [1.29, 1.82) is 0 Å². The molecular weight excluding hydrogens is 1340 g/mol. The number of ether oxygens (including phenoxy) is 8. The summed E-state index contributed by atoms with van der Waals surface area (Å²) >= 11 is 0. The number of hydrogen-bond acceptors (Lipinski definition) is 9. The Morgan fingerprint density at radius 1 is 0.319 bits per heavy atom. The average molecular weight is 1460 g/mol. The zero-order chi connectivity index (χ0) is 70.8. The third-order valence-electron chi connectivity index (χ3n) is 14.9. The molecule has 6 aromatic rings. The number of rotatable bonds is 10. The Morgan fingerprint density at radius 3 is 0.713 bits per heavy atom. The maximum atomic E-state index is 9.43. The molecular formula is C79H123Cl2NO9P2Ru+. The quantitative estimate of drug-likeness (QED) is 0.0755. The number of halogens is 2. The first-order chi connectivity index (χ1) is 41.5. The molecule has 0 aliphatic rings. The van der Waals surface area contributed by atoms with Gasteiger partial charge in [-0.2, -0.15) is 0 Å². The van der Waals surface area contributed by atoms with E-state index >= 15 is 0 Å². The van der Waals surface area contributed by atoms with E-state index in [2.05, 4.69) is 257 Å². The van der Waals surface area contributed by atoms with Crippen LogP contribution in [0.25, 0.3) is 11.1 Å². The van der Waals surface area contributed by atoms with Gasteiger partial charge in [-0.1, -0.05) is 239 Å². The van der Waals surface area contributed by atoms with Crippen molar-refractivity contribution in [3.05, 3.63) is 142 Å². The van der Waals surface area contributed by atoms with E-state index in [1.54, 1.807) is 71.0 Å². The Hall–Kier alpha value is -4.75. The van der Waals surface area contributed by atoms with Gasteiger partial charge < -0.3 is 67.6 Å². The fraction of sp³-hybridized carbons (Fsp3) is 0.532. The van der Waals surface area contributed by atoms with Crippen molar-refractivity contribution in [2.45, 2.75) is 209 Å². The molecule has 0 spiro atoms. The van der Waals surface area contributed by atoms with Crippen molar-refractivity contribution in [2.75, 3.05) is 71.0 Å². The number of benzene rings is 6. The summed E-state index contributed by atoms with van der Waals surface area (Å²) in [6.07, 6.45) is 0.750. The van der Waals surface area contributed by atoms with Crippen molar-refractivity contribution in [3.63, 3.8) is 0 Å². The second-order valence-corrected chi connectivity index (χ2v) is 32.4. The Labute approximate surface area is 602 Å². The molecule has 0 bridgehead atoms. The fourth-order valence-electron chi connectivity index (χ4n) is 10.0. The number of nitrogens with zero attached hydrogens (tertiary/aromatic N) is 1. The SMILES string of the molecule is CN(C)C=O.COc1c(C(C)(C)C)cccc1C(C)(C)C.COc1c(C(C)(C)C)cccc1C(C)(C)C.COc1c(C(C)(C)C)cccc1C(C)(C)C.COc1c(C(C)(C)C)cccc1C(C)(C)C.COc1cc(P)c(-c2cc(P)c(OC)cc2OC)c(OC)c1.[Cl-].[Cl-].[Ru+3]. The second-order valence-electron chi connectivity index (χ2n) is 31.2. The van der Waals surface area contributed by atoms with Crippen LogP contribution in [0.5, 0.6) is 46.0 Å². The molecule has 2 atom stereocenters. The molecule has 0 saturated heterocycles. The Bertz CT molecular complexity index is 2820. The molecule has 529 valence electrons. The van der Waals surface area contributed by atoms with Gasteiger partial charge in [-0.15, -0.1) is 18.5 Å². The van der Waals surface area contributed by atoms with E-state index in [4.69, 9.17) is 37.9 Å². The van der Waals surface area contributed by atoms with Gasteiger partial charge in [-0.25, -0.2) is 0 Å². The van der Waals surface area contributed by atoms with E-state index in [1.807, 2.05) is 24.3 Å². The molecule has 0 saturated carbocycles. The number of methoxy groups -OCH3 is 8. The van der Waals surface area contributed by atoms with Crippen LogP contribution in [0.1, 0.15) is 211 Å². The fourth-order valence-corrected chi connectivity index (χ4v) is 10.9. The summed E-state index contributed by atoms with van der Waals surface area (Å²) in [5.41, 5.74) is 13.1. The van der Waals surface area contributed by atoms with Crippen molar-refractivity contribution in [3.8, 4) is 57.1 Å². The third-order valence-corrected chi connectivity index (χ3v) is 15.8. The maximum Gasteiger partial charge on any atom is 3.00 e. The van der Waals surface area contributed by atoms with Crippen LogP contribution in [0, 0.1) is 0 Å². The van der Waals surface area contributed by atoms with E-state index in [-0.39, 0.29) is 87.6 Å². The van der Waals surface area contributed by atoms with E-state index in [9.17, 15) is 4.79 Å². The second kappa shape index (κ2) is 39.0. The molecule has 0 aliphatic carbocycles. The summed E-state index contributed by atoms with van der Waals surface area (Å²) < 4.78 is 44.2. The molecule has 0 fully saturated rings. The molecule has 6 rings (SSSR count). The number of hydrogen-bond donors (Lipinski definition) is 0. The van der Waals surface area contributed by atoms with Crippen LogP contribution in [0.15, 0.2) is 97.1 Å². The van der Waals surface area contributed by atoms with Crippen molar-refractivity contribution in [1.82, 2.24) is 4.90 Å². The summed E-state index contributed by atoms with van der Waals surface area (Å²) in [6.45, 7) is 53.3. The minimum Gasteiger partial charge on any atom is -1.00 e. The van der Waals surface area contributed by atoms with Gasteiger partial charge in [0.05, 0.1) is 56.9 Å². The summed E-state index contributed by atoms with van der Waals surface area (Å²) in [4.78, 5) is 10.9. The van der Waals surface area contributed by atoms with Crippen LogP contribution in [-0.4, -0.2) is 82.3 Å². The summed E-state index contributed by atoms with van der Waals surface area (Å²) in [7, 11) is 22.4. The first-order valence-electron chi connectivity index (χ1n) is 31.4. The summed E-state index contributed by atoms with van der Waals surface area (Å²) in [5, 5.41) is 1.91. The normalized spacial score (nSPS) is 11.4. The largest absolute Gasteiger partial charge is 3.00 e. The van der Waals surface area contributed by atoms with E-state index < -0.39 is 0 Å². The Balaban J connectivity index is -0.00000108. The molecule has 0 aromatic heterocycles. The average Bonchev–Trinajstić information content (AvgIpc) is 0.825. The van der Waals surface area contributed by atoms with E-state index in [0.717, 1.165) is 74.1 Å². The van der Waals surface area contributed by atoms with Gasteiger partial charge in [0.2, 0.25) is 6.41 Å². The summed E-state index contributed by atoms with van der Waals surface area (Å²) in [6, 6.07) is 33.5. The molecule has 0 N–H and O–H groups in total. The van der Waals surface area contributed by atoms with Crippen molar-refractivity contribution < 1.29 is 87.0 Å². The zero-order valence-electron chi connectivity index (χ0n) is 64.2. The van der Waals surface area contributed by atoms with Gasteiger partial charge >= 0.3 is 19.5 Å². The molecule has 94 heavy (non-hydrogen) atoms. The Morgan fingerprint density at radius 2 is 0.543 bits per heavy atom. The van der Waals surface area contributed by atoms with Gasteiger partial charge in [-0.05, 0) is 105 Å². The molecule has 10 nitrogen and oxygen atoms in total. The Kier molecular flexibility index (Phi) is 38.8. The van der Waals surface area contributed by atoms with Gasteiger partial charge in [0, 0.05) is 42.7 Å². The summed E-state index contributed by atoms with van der Waals surface area (Å²) in [5.74, 6) is 7.11. The molecule has 0 heterocycles. The van der Waals surface area contributed by atoms with Crippen molar-refractivity contribution in [2.24, 2.45) is 0 Å². The molecule has 1 radical (unpaired) electrons. The monoisotopic (exact) mass is 1460 g/mol. The molecule has 15 heteroatoms.